The lowest BCUT2D eigenvalue weighted by atomic mass is 10.1. The van der Waals surface area contributed by atoms with E-state index < -0.39 is 0 Å². The molecule has 2 aromatic carbocycles. The molecule has 0 spiro atoms. The van der Waals surface area contributed by atoms with Crippen molar-refractivity contribution in [3.05, 3.63) is 57.0 Å². The van der Waals surface area contributed by atoms with Gasteiger partial charge in [0.1, 0.15) is 0 Å². The van der Waals surface area contributed by atoms with Crippen molar-refractivity contribution in [3.63, 3.8) is 0 Å². The highest BCUT2D eigenvalue weighted by Gasteiger charge is 2.10. The van der Waals surface area contributed by atoms with Crippen LogP contribution in [-0.4, -0.2) is 20.3 Å². The minimum atomic E-state index is 0. The van der Waals surface area contributed by atoms with Crippen LogP contribution in [0, 0.1) is 0 Å². The topological polar surface area (TPSA) is 30.5 Å². The third-order valence-corrected chi connectivity index (χ3v) is 4.25. The zero-order valence-electron chi connectivity index (χ0n) is 13.8. The standard InChI is InChI=1S/C18H21BrClNO2.ClH/c1-3-23-17-11-14(10-16(19)18(17)22-2)12-21-9-8-13-4-6-15(20)7-5-13;/h4-7,10-11,21H,3,8-9,12H2,1-2H3;1H. The molecule has 0 aromatic heterocycles. The Labute approximate surface area is 163 Å². The Morgan fingerprint density at radius 3 is 2.46 bits per heavy atom. The van der Waals surface area contributed by atoms with Crippen LogP contribution in [0.25, 0.3) is 0 Å². The molecule has 0 saturated heterocycles. The summed E-state index contributed by atoms with van der Waals surface area (Å²) in [5, 5.41) is 4.22. The predicted molar refractivity (Wildman–Crippen MR) is 106 cm³/mol. The van der Waals surface area contributed by atoms with E-state index >= 15 is 0 Å². The number of rotatable bonds is 8. The molecule has 0 aliphatic carbocycles. The van der Waals surface area contributed by atoms with Crippen LogP contribution in [0.4, 0.5) is 0 Å². The summed E-state index contributed by atoms with van der Waals surface area (Å²) in [6, 6.07) is 12.0. The summed E-state index contributed by atoms with van der Waals surface area (Å²) in [6.45, 7) is 4.24. The summed E-state index contributed by atoms with van der Waals surface area (Å²) < 4.78 is 11.9. The number of benzene rings is 2. The minimum absolute atomic E-state index is 0. The van der Waals surface area contributed by atoms with Crippen molar-refractivity contribution in [1.82, 2.24) is 5.32 Å². The third kappa shape index (κ3) is 6.17. The SMILES string of the molecule is CCOc1cc(CNCCc2ccc(Cl)cc2)cc(Br)c1OC.Cl. The number of hydrogen-bond donors (Lipinski definition) is 1. The van der Waals surface area contributed by atoms with Crippen molar-refractivity contribution >= 4 is 39.9 Å². The van der Waals surface area contributed by atoms with Gasteiger partial charge in [0.15, 0.2) is 11.5 Å². The van der Waals surface area contributed by atoms with Crippen LogP contribution in [0.3, 0.4) is 0 Å². The van der Waals surface area contributed by atoms with Crippen molar-refractivity contribution in [1.29, 1.82) is 0 Å². The lowest BCUT2D eigenvalue weighted by Gasteiger charge is -2.13. The van der Waals surface area contributed by atoms with Gasteiger partial charge in [0.05, 0.1) is 18.2 Å². The van der Waals surface area contributed by atoms with Crippen LogP contribution in [0.1, 0.15) is 18.1 Å². The Hall–Kier alpha value is -0.940. The molecule has 0 saturated carbocycles. The average Bonchev–Trinajstić information content (AvgIpc) is 2.53. The molecule has 0 aliphatic rings. The van der Waals surface area contributed by atoms with E-state index in [4.69, 9.17) is 21.1 Å². The van der Waals surface area contributed by atoms with Gasteiger partial charge in [-0.25, -0.2) is 0 Å². The first kappa shape index (κ1) is 21.1. The van der Waals surface area contributed by atoms with Crippen molar-refractivity contribution in [3.8, 4) is 11.5 Å². The maximum atomic E-state index is 5.89. The van der Waals surface area contributed by atoms with E-state index in [-0.39, 0.29) is 12.4 Å². The summed E-state index contributed by atoms with van der Waals surface area (Å²) in [7, 11) is 1.65. The van der Waals surface area contributed by atoms with Crippen LogP contribution in [0.15, 0.2) is 40.9 Å². The van der Waals surface area contributed by atoms with Crippen LogP contribution in [-0.2, 0) is 13.0 Å². The molecule has 0 atom stereocenters. The molecule has 0 radical (unpaired) electrons. The molecular weight excluding hydrogens is 413 g/mol. The van der Waals surface area contributed by atoms with Gasteiger partial charge in [0.25, 0.3) is 0 Å². The first-order valence-corrected chi connectivity index (χ1v) is 8.75. The van der Waals surface area contributed by atoms with Gasteiger partial charge in [-0.3, -0.25) is 0 Å². The predicted octanol–water partition coefficient (Wildman–Crippen LogP) is 5.26. The van der Waals surface area contributed by atoms with Crippen molar-refractivity contribution in [2.75, 3.05) is 20.3 Å². The highest BCUT2D eigenvalue weighted by Crippen LogP contribution is 2.36. The highest BCUT2D eigenvalue weighted by molar-refractivity contribution is 9.10. The van der Waals surface area contributed by atoms with Gasteiger partial charge in [0, 0.05) is 11.6 Å². The summed E-state index contributed by atoms with van der Waals surface area (Å²) in [6.07, 6.45) is 0.965. The zero-order valence-corrected chi connectivity index (χ0v) is 16.9. The second kappa shape index (κ2) is 10.8. The van der Waals surface area contributed by atoms with E-state index in [1.165, 1.54) is 5.56 Å². The van der Waals surface area contributed by atoms with E-state index in [0.717, 1.165) is 46.1 Å². The van der Waals surface area contributed by atoms with Gasteiger partial charge in [0.2, 0.25) is 0 Å². The van der Waals surface area contributed by atoms with Gasteiger partial charge in [-0.05, 0) is 71.2 Å². The lowest BCUT2D eigenvalue weighted by molar-refractivity contribution is 0.309. The van der Waals surface area contributed by atoms with Crippen LogP contribution < -0.4 is 14.8 Å². The first-order chi connectivity index (χ1) is 11.1. The first-order valence-electron chi connectivity index (χ1n) is 7.58. The molecule has 0 fully saturated rings. The fourth-order valence-corrected chi connectivity index (χ4v) is 3.08. The second-order valence-electron chi connectivity index (χ2n) is 5.10. The molecule has 24 heavy (non-hydrogen) atoms. The fraction of sp³-hybridized carbons (Fsp3) is 0.333. The summed E-state index contributed by atoms with van der Waals surface area (Å²) in [4.78, 5) is 0. The minimum Gasteiger partial charge on any atom is -0.492 e. The number of ether oxygens (including phenoxy) is 2. The Kier molecular flexibility index (Phi) is 9.52. The zero-order chi connectivity index (χ0) is 16.7. The number of hydrogen-bond acceptors (Lipinski definition) is 3. The summed E-state index contributed by atoms with van der Waals surface area (Å²) in [5.74, 6) is 1.50. The monoisotopic (exact) mass is 433 g/mol. The summed E-state index contributed by atoms with van der Waals surface area (Å²) in [5.41, 5.74) is 2.42. The van der Waals surface area contributed by atoms with Gasteiger partial charge in [-0.2, -0.15) is 0 Å². The van der Waals surface area contributed by atoms with E-state index in [1.807, 2.05) is 25.1 Å². The van der Waals surface area contributed by atoms with Crippen molar-refractivity contribution in [2.45, 2.75) is 19.9 Å². The molecule has 3 nitrogen and oxygen atoms in total. The molecule has 0 aliphatic heterocycles. The Bertz CT molecular complexity index is 636. The molecular formula is C18H22BrCl2NO2. The fourth-order valence-electron chi connectivity index (χ4n) is 2.30. The van der Waals surface area contributed by atoms with Crippen molar-refractivity contribution in [2.24, 2.45) is 0 Å². The molecule has 2 rings (SSSR count). The van der Waals surface area contributed by atoms with Gasteiger partial charge >= 0.3 is 0 Å². The van der Waals surface area contributed by atoms with Gasteiger partial charge in [-0.15, -0.1) is 12.4 Å². The van der Waals surface area contributed by atoms with E-state index in [9.17, 15) is 0 Å². The maximum Gasteiger partial charge on any atom is 0.174 e. The van der Waals surface area contributed by atoms with Crippen LogP contribution in [0.5, 0.6) is 11.5 Å². The number of nitrogens with one attached hydrogen (secondary N) is 1. The quantitative estimate of drug-likeness (QED) is 0.574. The molecule has 0 bridgehead atoms. The molecule has 0 amide bonds. The maximum absolute atomic E-state index is 5.89. The molecule has 1 N–H and O–H groups in total. The molecule has 2 aromatic rings. The molecule has 6 heteroatoms. The Morgan fingerprint density at radius 2 is 1.83 bits per heavy atom. The van der Waals surface area contributed by atoms with E-state index in [1.54, 1.807) is 7.11 Å². The Balaban J connectivity index is 0.00000288. The average molecular weight is 435 g/mol. The molecule has 0 unspecified atom stereocenters. The highest BCUT2D eigenvalue weighted by atomic mass is 79.9. The van der Waals surface area contributed by atoms with E-state index in [0.29, 0.717) is 6.61 Å². The number of halogens is 3. The van der Waals surface area contributed by atoms with Gasteiger partial charge < -0.3 is 14.8 Å². The Morgan fingerprint density at radius 1 is 1.12 bits per heavy atom. The lowest BCUT2D eigenvalue weighted by Crippen LogP contribution is -2.16. The number of methoxy groups -OCH3 is 1. The van der Waals surface area contributed by atoms with Crippen molar-refractivity contribution < 1.29 is 9.47 Å². The molecule has 0 heterocycles. The largest absolute Gasteiger partial charge is 0.492 e. The third-order valence-electron chi connectivity index (χ3n) is 3.41. The van der Waals surface area contributed by atoms with E-state index in [2.05, 4.69) is 39.4 Å². The van der Waals surface area contributed by atoms with Crippen LogP contribution >= 0.6 is 39.9 Å². The smallest absolute Gasteiger partial charge is 0.174 e. The van der Waals surface area contributed by atoms with Crippen LogP contribution in [0.2, 0.25) is 5.02 Å². The van der Waals surface area contributed by atoms with Gasteiger partial charge in [-0.1, -0.05) is 23.7 Å². The second-order valence-corrected chi connectivity index (χ2v) is 6.39. The summed E-state index contributed by atoms with van der Waals surface area (Å²) >= 11 is 9.43. The molecule has 132 valence electrons. The normalized spacial score (nSPS) is 10.2.